The van der Waals surface area contributed by atoms with Crippen LogP contribution < -0.4 is 5.32 Å². The molecule has 1 aliphatic rings. The Morgan fingerprint density at radius 1 is 1.33 bits per heavy atom. The average molecular weight is 257 g/mol. The van der Waals surface area contributed by atoms with Gasteiger partial charge in [0.05, 0.1) is 0 Å². The van der Waals surface area contributed by atoms with Crippen LogP contribution in [0.3, 0.4) is 0 Å². The number of hydrogen-bond acceptors (Lipinski definition) is 4. The highest BCUT2D eigenvalue weighted by atomic mass is 16.6. The van der Waals surface area contributed by atoms with E-state index in [9.17, 15) is 9.59 Å². The number of ether oxygens (including phenoxy) is 2. The summed E-state index contributed by atoms with van der Waals surface area (Å²) in [5.41, 5.74) is -0.519. The van der Waals surface area contributed by atoms with Crippen molar-refractivity contribution < 1.29 is 19.1 Å². The van der Waals surface area contributed by atoms with Gasteiger partial charge in [0.15, 0.2) is 5.78 Å². The van der Waals surface area contributed by atoms with Crippen LogP contribution in [-0.2, 0) is 14.3 Å². The van der Waals surface area contributed by atoms with E-state index in [0.29, 0.717) is 12.3 Å². The molecule has 1 aliphatic carbocycles. The summed E-state index contributed by atoms with van der Waals surface area (Å²) in [4.78, 5) is 23.2. The van der Waals surface area contributed by atoms with E-state index in [1.165, 1.54) is 7.11 Å². The fourth-order valence-corrected chi connectivity index (χ4v) is 1.76. The van der Waals surface area contributed by atoms with E-state index < -0.39 is 11.7 Å². The fourth-order valence-electron chi connectivity index (χ4n) is 1.76. The van der Waals surface area contributed by atoms with E-state index in [1.54, 1.807) is 0 Å². The van der Waals surface area contributed by atoms with Gasteiger partial charge in [0.2, 0.25) is 0 Å². The second kappa shape index (κ2) is 6.18. The van der Waals surface area contributed by atoms with Gasteiger partial charge >= 0.3 is 6.09 Å². The third-order valence-corrected chi connectivity index (χ3v) is 2.65. The summed E-state index contributed by atoms with van der Waals surface area (Å²) in [6.45, 7) is 5.54. The molecule has 0 aromatic rings. The molecule has 1 rings (SSSR count). The van der Waals surface area contributed by atoms with Gasteiger partial charge in [-0.15, -0.1) is 0 Å². The number of ketones is 1. The van der Waals surface area contributed by atoms with Crippen molar-refractivity contribution in [1.29, 1.82) is 0 Å². The molecule has 1 amide bonds. The predicted molar refractivity (Wildman–Crippen MR) is 67.4 cm³/mol. The number of methoxy groups -OCH3 is 1. The Kier molecular flexibility index (Phi) is 5.14. The number of rotatable bonds is 6. The van der Waals surface area contributed by atoms with Crippen molar-refractivity contribution in [3.05, 3.63) is 0 Å². The fraction of sp³-hybridized carbons (Fsp3) is 0.846. The zero-order valence-electron chi connectivity index (χ0n) is 11.6. The van der Waals surface area contributed by atoms with Crippen LogP contribution in [0.1, 0.15) is 40.0 Å². The molecule has 0 bridgehead atoms. The molecule has 0 aromatic heterocycles. The molecule has 18 heavy (non-hydrogen) atoms. The summed E-state index contributed by atoms with van der Waals surface area (Å²) >= 11 is 0. The minimum absolute atomic E-state index is 0.00505. The van der Waals surface area contributed by atoms with Crippen LogP contribution >= 0.6 is 0 Å². The van der Waals surface area contributed by atoms with Crippen molar-refractivity contribution in [3.8, 4) is 0 Å². The van der Waals surface area contributed by atoms with Gasteiger partial charge in [0, 0.05) is 19.6 Å². The minimum atomic E-state index is -0.519. The number of alkyl carbamates (subject to hydrolysis) is 1. The number of amides is 1. The molecule has 1 N–H and O–H groups in total. The molecule has 1 atom stereocenters. The lowest BCUT2D eigenvalue weighted by atomic mass is 10.1. The summed E-state index contributed by atoms with van der Waals surface area (Å²) in [5, 5.41) is 2.79. The Hall–Kier alpha value is -1.10. The summed E-state index contributed by atoms with van der Waals surface area (Å²) in [7, 11) is 1.49. The van der Waals surface area contributed by atoms with Crippen molar-refractivity contribution in [3.63, 3.8) is 0 Å². The molecule has 5 heteroatoms. The first-order valence-corrected chi connectivity index (χ1v) is 6.32. The number of carbonyl (C=O) groups excluding carboxylic acids is 2. The number of nitrogens with one attached hydrogen (secondary N) is 1. The van der Waals surface area contributed by atoms with E-state index in [2.05, 4.69) is 5.32 Å². The lowest BCUT2D eigenvalue weighted by Gasteiger charge is -2.23. The van der Waals surface area contributed by atoms with E-state index in [0.717, 1.165) is 12.8 Å². The first-order chi connectivity index (χ1) is 8.31. The zero-order chi connectivity index (χ0) is 13.8. The first kappa shape index (κ1) is 15.0. The Labute approximate surface area is 108 Å². The van der Waals surface area contributed by atoms with Gasteiger partial charge in [0.1, 0.15) is 12.2 Å². The molecule has 104 valence electrons. The molecule has 1 saturated carbocycles. The van der Waals surface area contributed by atoms with Crippen LogP contribution in [0.15, 0.2) is 0 Å². The van der Waals surface area contributed by atoms with Crippen LogP contribution in [0.5, 0.6) is 0 Å². The van der Waals surface area contributed by atoms with Crippen molar-refractivity contribution in [2.24, 2.45) is 5.92 Å². The van der Waals surface area contributed by atoms with E-state index >= 15 is 0 Å². The Morgan fingerprint density at radius 2 is 1.94 bits per heavy atom. The highest BCUT2D eigenvalue weighted by Gasteiger charge is 2.34. The quantitative estimate of drug-likeness (QED) is 0.789. The highest BCUT2D eigenvalue weighted by Crippen LogP contribution is 2.34. The number of carbonyl (C=O) groups is 2. The SMILES string of the molecule is COCC(=O)CC(NC(=O)OC(C)(C)C)C1CC1. The Bertz CT molecular complexity index is 305. The molecule has 5 nitrogen and oxygen atoms in total. The van der Waals surface area contributed by atoms with Gasteiger partial charge in [-0.1, -0.05) is 0 Å². The maximum absolute atomic E-state index is 11.7. The first-order valence-electron chi connectivity index (χ1n) is 6.32. The molecule has 0 heterocycles. The van der Waals surface area contributed by atoms with Gasteiger partial charge in [-0.3, -0.25) is 4.79 Å². The standard InChI is InChI=1S/C13H23NO4/c1-13(2,3)18-12(16)14-11(9-5-6-9)7-10(15)8-17-4/h9,11H,5-8H2,1-4H3,(H,14,16). The van der Waals surface area contributed by atoms with Crippen LogP contribution in [0.4, 0.5) is 4.79 Å². The Morgan fingerprint density at radius 3 is 2.39 bits per heavy atom. The lowest BCUT2D eigenvalue weighted by molar-refractivity contribution is -0.123. The topological polar surface area (TPSA) is 64.6 Å². The molecular formula is C13H23NO4. The predicted octanol–water partition coefficient (Wildman–Crippen LogP) is 1.90. The number of hydrogen-bond donors (Lipinski definition) is 1. The molecular weight excluding hydrogens is 234 g/mol. The van der Waals surface area contributed by atoms with Gasteiger partial charge < -0.3 is 14.8 Å². The molecule has 1 fully saturated rings. The maximum Gasteiger partial charge on any atom is 0.407 e. The van der Waals surface area contributed by atoms with Gasteiger partial charge in [0.25, 0.3) is 0 Å². The van der Waals surface area contributed by atoms with Crippen LogP contribution in [0.2, 0.25) is 0 Å². The molecule has 0 aliphatic heterocycles. The van der Waals surface area contributed by atoms with Crippen molar-refractivity contribution in [2.45, 2.75) is 51.7 Å². The van der Waals surface area contributed by atoms with Crippen LogP contribution in [0.25, 0.3) is 0 Å². The van der Waals surface area contributed by atoms with Crippen LogP contribution in [0, 0.1) is 5.92 Å². The smallest absolute Gasteiger partial charge is 0.407 e. The largest absolute Gasteiger partial charge is 0.444 e. The van der Waals surface area contributed by atoms with Gasteiger partial charge in [-0.2, -0.15) is 0 Å². The second-order valence-electron chi connectivity index (χ2n) is 5.77. The van der Waals surface area contributed by atoms with Crippen molar-refractivity contribution >= 4 is 11.9 Å². The normalized spacial score (nSPS) is 17.1. The van der Waals surface area contributed by atoms with Gasteiger partial charge in [-0.05, 0) is 39.5 Å². The maximum atomic E-state index is 11.7. The second-order valence-corrected chi connectivity index (χ2v) is 5.77. The average Bonchev–Trinajstić information content (AvgIpc) is 2.96. The van der Waals surface area contributed by atoms with Crippen molar-refractivity contribution in [2.75, 3.05) is 13.7 Å². The third-order valence-electron chi connectivity index (χ3n) is 2.65. The summed E-state index contributed by atoms with van der Waals surface area (Å²) < 4.78 is 9.99. The molecule has 0 radical (unpaired) electrons. The van der Waals surface area contributed by atoms with Crippen molar-refractivity contribution in [1.82, 2.24) is 5.32 Å². The summed E-state index contributed by atoms with van der Waals surface area (Å²) in [6, 6.07) is -0.123. The highest BCUT2D eigenvalue weighted by molar-refractivity contribution is 5.81. The van der Waals surface area contributed by atoms with E-state index in [1.807, 2.05) is 20.8 Å². The van der Waals surface area contributed by atoms with E-state index in [-0.39, 0.29) is 18.4 Å². The molecule has 0 aromatic carbocycles. The Balaban J connectivity index is 2.43. The van der Waals surface area contributed by atoms with Gasteiger partial charge in [-0.25, -0.2) is 4.79 Å². The van der Waals surface area contributed by atoms with E-state index in [4.69, 9.17) is 9.47 Å². The minimum Gasteiger partial charge on any atom is -0.444 e. The monoisotopic (exact) mass is 257 g/mol. The lowest BCUT2D eigenvalue weighted by Crippen LogP contribution is -2.41. The van der Waals surface area contributed by atoms with Crippen LogP contribution in [-0.4, -0.2) is 37.2 Å². The molecule has 1 unspecified atom stereocenters. The molecule has 0 spiro atoms. The molecule has 0 saturated heterocycles. The summed E-state index contributed by atoms with van der Waals surface area (Å²) in [6.07, 6.45) is 1.98. The third kappa shape index (κ3) is 6.00. The zero-order valence-corrected chi connectivity index (χ0v) is 11.6. The summed E-state index contributed by atoms with van der Waals surface area (Å²) in [5.74, 6) is 0.406. The number of Topliss-reactive ketones (excluding diaryl/α,β-unsaturated/α-hetero) is 1.